The van der Waals surface area contributed by atoms with Crippen LogP contribution in [0.2, 0.25) is 0 Å². The number of amides is 1. The van der Waals surface area contributed by atoms with Crippen molar-refractivity contribution in [3.63, 3.8) is 0 Å². The lowest BCUT2D eigenvalue weighted by Gasteiger charge is -2.14. The van der Waals surface area contributed by atoms with E-state index in [4.69, 9.17) is 10.5 Å². The third kappa shape index (κ3) is 7.56. The lowest BCUT2D eigenvalue weighted by Crippen LogP contribution is -2.28. The van der Waals surface area contributed by atoms with Crippen molar-refractivity contribution in [3.8, 4) is 5.75 Å². The highest BCUT2D eigenvalue weighted by Gasteiger charge is 2.10. The number of rotatable bonds is 9. The second kappa shape index (κ2) is 11.5. The Labute approximate surface area is 154 Å². The van der Waals surface area contributed by atoms with Crippen LogP contribution in [-0.2, 0) is 11.4 Å². The minimum absolute atomic E-state index is 0. The molecule has 2 rings (SSSR count). The molecule has 2 aromatic carbocycles. The summed E-state index contributed by atoms with van der Waals surface area (Å²) >= 11 is 0. The smallest absolute Gasteiger partial charge is 0.220 e. The van der Waals surface area contributed by atoms with Gasteiger partial charge in [0.25, 0.3) is 0 Å². The van der Waals surface area contributed by atoms with Gasteiger partial charge in [-0.2, -0.15) is 0 Å². The van der Waals surface area contributed by atoms with E-state index in [1.165, 1.54) is 0 Å². The fourth-order valence-corrected chi connectivity index (χ4v) is 2.23. The Kier molecular flexibility index (Phi) is 9.62. The van der Waals surface area contributed by atoms with Crippen LogP contribution in [-0.4, -0.2) is 24.1 Å². The van der Waals surface area contributed by atoms with Crippen LogP contribution in [0.5, 0.6) is 5.75 Å². The van der Waals surface area contributed by atoms with Crippen LogP contribution in [0.1, 0.15) is 30.1 Å². The normalized spacial score (nSPS) is 11.3. The standard InChI is InChI=1S/C19H24N2O3.ClH/c20-11-5-10-19(23)21-13-18(22)16-8-4-9-17(12-16)24-14-15-6-2-1-3-7-15;/h1-4,6-9,12,18,22H,5,10-11,13-14,20H2,(H,21,23);1H. The Morgan fingerprint density at radius 3 is 2.64 bits per heavy atom. The molecule has 0 fully saturated rings. The van der Waals surface area contributed by atoms with Crippen molar-refractivity contribution in [1.82, 2.24) is 5.32 Å². The van der Waals surface area contributed by atoms with Gasteiger partial charge in [0.1, 0.15) is 12.4 Å². The molecule has 25 heavy (non-hydrogen) atoms. The van der Waals surface area contributed by atoms with Gasteiger partial charge in [-0.05, 0) is 36.2 Å². The van der Waals surface area contributed by atoms with Crippen molar-refractivity contribution < 1.29 is 14.6 Å². The van der Waals surface area contributed by atoms with Gasteiger partial charge in [0, 0.05) is 13.0 Å². The molecule has 4 N–H and O–H groups in total. The number of carbonyl (C=O) groups is 1. The molecule has 0 aliphatic heterocycles. The number of nitrogens with one attached hydrogen (secondary N) is 1. The second-order valence-electron chi connectivity index (χ2n) is 5.56. The minimum Gasteiger partial charge on any atom is -0.489 e. The largest absolute Gasteiger partial charge is 0.489 e. The fraction of sp³-hybridized carbons (Fsp3) is 0.316. The first-order valence-corrected chi connectivity index (χ1v) is 8.10. The van der Waals surface area contributed by atoms with E-state index in [2.05, 4.69) is 5.32 Å². The average molecular weight is 365 g/mol. The van der Waals surface area contributed by atoms with E-state index in [-0.39, 0.29) is 24.9 Å². The van der Waals surface area contributed by atoms with Crippen molar-refractivity contribution in [2.75, 3.05) is 13.1 Å². The van der Waals surface area contributed by atoms with Gasteiger partial charge in [0.15, 0.2) is 0 Å². The van der Waals surface area contributed by atoms with Crippen LogP contribution in [0.4, 0.5) is 0 Å². The van der Waals surface area contributed by atoms with Gasteiger partial charge in [-0.15, -0.1) is 12.4 Å². The topological polar surface area (TPSA) is 84.6 Å². The summed E-state index contributed by atoms with van der Waals surface area (Å²) in [6.07, 6.45) is 0.251. The fourth-order valence-electron chi connectivity index (χ4n) is 2.23. The Morgan fingerprint density at radius 2 is 1.92 bits per heavy atom. The number of aliphatic hydroxyl groups excluding tert-OH is 1. The Morgan fingerprint density at radius 1 is 1.16 bits per heavy atom. The molecule has 0 saturated heterocycles. The number of ether oxygens (including phenoxy) is 1. The summed E-state index contributed by atoms with van der Waals surface area (Å²) < 4.78 is 5.75. The number of hydrogen-bond acceptors (Lipinski definition) is 4. The predicted molar refractivity (Wildman–Crippen MR) is 101 cm³/mol. The number of halogens is 1. The molecule has 1 atom stereocenters. The van der Waals surface area contributed by atoms with E-state index in [0.717, 1.165) is 5.56 Å². The molecule has 1 amide bonds. The quantitative estimate of drug-likeness (QED) is 0.638. The Hall–Kier alpha value is -2.08. The van der Waals surface area contributed by atoms with E-state index in [0.29, 0.717) is 37.3 Å². The van der Waals surface area contributed by atoms with Gasteiger partial charge in [0.05, 0.1) is 6.10 Å². The lowest BCUT2D eigenvalue weighted by molar-refractivity contribution is -0.121. The van der Waals surface area contributed by atoms with Crippen LogP contribution in [0, 0.1) is 0 Å². The number of carbonyl (C=O) groups excluding carboxylic acids is 1. The van der Waals surface area contributed by atoms with Gasteiger partial charge in [-0.3, -0.25) is 4.79 Å². The predicted octanol–water partition coefficient (Wildman–Crippen LogP) is 2.58. The second-order valence-corrected chi connectivity index (χ2v) is 5.56. The molecule has 0 radical (unpaired) electrons. The molecule has 0 saturated carbocycles. The van der Waals surface area contributed by atoms with Crippen LogP contribution >= 0.6 is 12.4 Å². The molecule has 5 nitrogen and oxygen atoms in total. The lowest BCUT2D eigenvalue weighted by atomic mass is 10.1. The first-order valence-electron chi connectivity index (χ1n) is 8.10. The summed E-state index contributed by atoms with van der Waals surface area (Å²) in [6.45, 7) is 1.12. The van der Waals surface area contributed by atoms with Gasteiger partial charge < -0.3 is 20.9 Å². The molecular weight excluding hydrogens is 340 g/mol. The highest BCUT2D eigenvalue weighted by Crippen LogP contribution is 2.20. The maximum Gasteiger partial charge on any atom is 0.220 e. The first kappa shape index (κ1) is 21.0. The molecule has 0 heterocycles. The van der Waals surface area contributed by atoms with Crippen molar-refractivity contribution in [3.05, 3.63) is 65.7 Å². The van der Waals surface area contributed by atoms with E-state index in [1.54, 1.807) is 6.07 Å². The molecule has 0 aromatic heterocycles. The molecule has 0 aliphatic rings. The zero-order valence-electron chi connectivity index (χ0n) is 14.1. The summed E-state index contributed by atoms with van der Waals surface area (Å²) in [4.78, 5) is 11.6. The maximum absolute atomic E-state index is 11.6. The van der Waals surface area contributed by atoms with Gasteiger partial charge in [-0.1, -0.05) is 42.5 Å². The summed E-state index contributed by atoms with van der Waals surface area (Å²) in [5, 5.41) is 12.9. The molecule has 1 unspecified atom stereocenters. The summed E-state index contributed by atoms with van der Waals surface area (Å²) in [6, 6.07) is 17.2. The summed E-state index contributed by atoms with van der Waals surface area (Å²) in [5.74, 6) is 0.584. The molecule has 0 bridgehead atoms. The molecule has 2 aromatic rings. The molecule has 136 valence electrons. The molecule has 0 spiro atoms. The van der Waals surface area contributed by atoms with E-state index < -0.39 is 6.10 Å². The van der Waals surface area contributed by atoms with Crippen molar-refractivity contribution in [1.29, 1.82) is 0 Å². The third-order valence-electron chi connectivity index (χ3n) is 3.59. The molecule has 0 aliphatic carbocycles. The Bertz CT molecular complexity index is 638. The number of nitrogens with two attached hydrogens (primary N) is 1. The minimum atomic E-state index is -0.771. The van der Waals surface area contributed by atoms with E-state index in [1.807, 2.05) is 48.5 Å². The number of aliphatic hydroxyl groups is 1. The highest BCUT2D eigenvalue weighted by atomic mass is 35.5. The first-order chi connectivity index (χ1) is 11.7. The number of benzene rings is 2. The SMILES string of the molecule is Cl.NCCCC(=O)NCC(O)c1cccc(OCc2ccccc2)c1. The van der Waals surface area contributed by atoms with E-state index >= 15 is 0 Å². The zero-order valence-corrected chi connectivity index (χ0v) is 14.9. The summed E-state index contributed by atoms with van der Waals surface area (Å²) in [7, 11) is 0. The molecular formula is C19H25ClN2O3. The van der Waals surface area contributed by atoms with Gasteiger partial charge in [0.2, 0.25) is 5.91 Å². The van der Waals surface area contributed by atoms with Crippen LogP contribution in [0.25, 0.3) is 0 Å². The Balaban J connectivity index is 0.00000312. The summed E-state index contributed by atoms with van der Waals surface area (Å²) in [5.41, 5.74) is 7.16. The van der Waals surface area contributed by atoms with Crippen molar-refractivity contribution in [2.24, 2.45) is 5.73 Å². The number of hydrogen-bond donors (Lipinski definition) is 3. The van der Waals surface area contributed by atoms with Gasteiger partial charge >= 0.3 is 0 Å². The van der Waals surface area contributed by atoms with Crippen LogP contribution < -0.4 is 15.8 Å². The third-order valence-corrected chi connectivity index (χ3v) is 3.59. The van der Waals surface area contributed by atoms with Crippen molar-refractivity contribution in [2.45, 2.75) is 25.6 Å². The maximum atomic E-state index is 11.6. The van der Waals surface area contributed by atoms with Crippen molar-refractivity contribution >= 4 is 18.3 Å². The zero-order chi connectivity index (χ0) is 17.2. The highest BCUT2D eigenvalue weighted by molar-refractivity contribution is 5.85. The monoisotopic (exact) mass is 364 g/mol. The van der Waals surface area contributed by atoms with E-state index in [9.17, 15) is 9.90 Å². The molecule has 6 heteroatoms. The van der Waals surface area contributed by atoms with Crippen LogP contribution in [0.15, 0.2) is 54.6 Å². The van der Waals surface area contributed by atoms with Crippen LogP contribution in [0.3, 0.4) is 0 Å². The van der Waals surface area contributed by atoms with Gasteiger partial charge in [-0.25, -0.2) is 0 Å². The average Bonchev–Trinajstić information content (AvgIpc) is 2.63.